The van der Waals surface area contributed by atoms with Gasteiger partial charge in [0.25, 0.3) is 0 Å². The first-order valence-corrected chi connectivity index (χ1v) is 7.28. The van der Waals surface area contributed by atoms with Crippen LogP contribution < -0.4 is 5.32 Å². The van der Waals surface area contributed by atoms with Gasteiger partial charge >= 0.3 is 0 Å². The summed E-state index contributed by atoms with van der Waals surface area (Å²) >= 11 is 3.26. The minimum Gasteiger partial charge on any atom is -0.453 e. The average Bonchev–Trinajstić information content (AvgIpc) is 2.81. The molecule has 1 aromatic rings. The van der Waals surface area contributed by atoms with Gasteiger partial charge in [-0.3, -0.25) is 4.79 Å². The fraction of sp³-hybridized carbons (Fsp3) is 0.615. The van der Waals surface area contributed by atoms with Gasteiger partial charge in [-0.05, 0) is 47.3 Å². The molecule has 0 aromatic carbocycles. The maximum atomic E-state index is 11.9. The number of furan rings is 1. The Balaban J connectivity index is 1.61. The lowest BCUT2D eigenvalue weighted by Crippen LogP contribution is -2.37. The summed E-state index contributed by atoms with van der Waals surface area (Å²) in [7, 11) is 0. The van der Waals surface area contributed by atoms with Crippen LogP contribution in [0.3, 0.4) is 0 Å². The predicted octanol–water partition coefficient (Wildman–Crippen LogP) is 2.53. The SMILES string of the molecule is O=C(CCNCc1ccc(Br)o1)N1CCCCC1. The number of amides is 1. The standard InChI is InChI=1S/C13H19BrN2O2/c14-12-5-4-11(18-12)10-15-7-6-13(17)16-8-2-1-3-9-16/h4-5,15H,1-3,6-10H2. The monoisotopic (exact) mass is 314 g/mol. The van der Waals surface area contributed by atoms with Gasteiger partial charge in [-0.15, -0.1) is 0 Å². The second-order valence-electron chi connectivity index (χ2n) is 4.57. The third-order valence-electron chi connectivity index (χ3n) is 3.15. The van der Waals surface area contributed by atoms with Gasteiger partial charge in [-0.25, -0.2) is 0 Å². The Morgan fingerprint density at radius 3 is 2.78 bits per heavy atom. The van der Waals surface area contributed by atoms with Gasteiger partial charge in [0, 0.05) is 26.1 Å². The van der Waals surface area contributed by atoms with Crippen LogP contribution in [0, 0.1) is 0 Å². The summed E-state index contributed by atoms with van der Waals surface area (Å²) in [6.45, 7) is 3.24. The zero-order chi connectivity index (χ0) is 12.8. The van der Waals surface area contributed by atoms with Crippen LogP contribution in [0.5, 0.6) is 0 Å². The average molecular weight is 315 g/mol. The first-order chi connectivity index (χ1) is 8.75. The van der Waals surface area contributed by atoms with Crippen molar-refractivity contribution in [3.63, 3.8) is 0 Å². The third-order valence-corrected chi connectivity index (χ3v) is 3.58. The molecule has 0 spiro atoms. The van der Waals surface area contributed by atoms with E-state index in [9.17, 15) is 4.79 Å². The van der Waals surface area contributed by atoms with E-state index in [1.54, 1.807) is 0 Å². The smallest absolute Gasteiger partial charge is 0.223 e. The number of rotatable bonds is 5. The Morgan fingerprint density at radius 2 is 2.11 bits per heavy atom. The van der Waals surface area contributed by atoms with Crippen LogP contribution in [0.1, 0.15) is 31.4 Å². The third kappa shape index (κ3) is 4.14. The summed E-state index contributed by atoms with van der Waals surface area (Å²) in [6.07, 6.45) is 4.14. The molecule has 0 saturated carbocycles. The molecule has 2 rings (SSSR count). The van der Waals surface area contributed by atoms with Gasteiger partial charge in [0.05, 0.1) is 6.54 Å². The van der Waals surface area contributed by atoms with Crippen LogP contribution in [0.4, 0.5) is 0 Å². The first-order valence-electron chi connectivity index (χ1n) is 6.48. The maximum Gasteiger partial charge on any atom is 0.223 e. The summed E-state index contributed by atoms with van der Waals surface area (Å²) in [5, 5.41) is 3.22. The molecule has 0 aliphatic carbocycles. The molecule has 0 unspecified atom stereocenters. The van der Waals surface area contributed by atoms with Crippen molar-refractivity contribution >= 4 is 21.8 Å². The number of likely N-dealkylation sites (tertiary alicyclic amines) is 1. The van der Waals surface area contributed by atoms with E-state index in [1.807, 2.05) is 17.0 Å². The van der Waals surface area contributed by atoms with E-state index in [4.69, 9.17) is 4.42 Å². The Kier molecular flexibility index (Phi) is 5.26. The molecule has 1 aliphatic heterocycles. The number of piperidine rings is 1. The Morgan fingerprint density at radius 1 is 1.33 bits per heavy atom. The second-order valence-corrected chi connectivity index (χ2v) is 5.36. The van der Waals surface area contributed by atoms with Crippen molar-refractivity contribution in [1.82, 2.24) is 10.2 Å². The molecular formula is C13H19BrN2O2. The molecule has 1 fully saturated rings. The molecule has 1 saturated heterocycles. The lowest BCUT2D eigenvalue weighted by atomic mass is 10.1. The Hall–Kier alpha value is -0.810. The molecule has 18 heavy (non-hydrogen) atoms. The first kappa shape index (κ1) is 13.6. The molecule has 1 aliphatic rings. The van der Waals surface area contributed by atoms with Crippen LogP contribution in [-0.4, -0.2) is 30.4 Å². The van der Waals surface area contributed by atoms with Gasteiger partial charge in [0.1, 0.15) is 5.76 Å². The topological polar surface area (TPSA) is 45.5 Å². The molecule has 0 bridgehead atoms. The summed E-state index contributed by atoms with van der Waals surface area (Å²) in [6, 6.07) is 3.79. The Bertz CT molecular complexity index is 386. The minimum absolute atomic E-state index is 0.267. The van der Waals surface area contributed by atoms with E-state index in [1.165, 1.54) is 6.42 Å². The predicted molar refractivity (Wildman–Crippen MR) is 73.2 cm³/mol. The summed E-state index contributed by atoms with van der Waals surface area (Å²) in [5.74, 6) is 1.15. The van der Waals surface area contributed by atoms with Crippen LogP contribution in [0.15, 0.2) is 21.2 Å². The quantitative estimate of drug-likeness (QED) is 0.849. The van der Waals surface area contributed by atoms with Crippen molar-refractivity contribution in [2.24, 2.45) is 0 Å². The van der Waals surface area contributed by atoms with Gasteiger partial charge in [-0.2, -0.15) is 0 Å². The summed E-state index contributed by atoms with van der Waals surface area (Å²) in [4.78, 5) is 13.8. The molecule has 5 heteroatoms. The van der Waals surface area contributed by atoms with Crippen molar-refractivity contribution in [1.29, 1.82) is 0 Å². The van der Waals surface area contributed by atoms with Gasteiger partial charge < -0.3 is 14.6 Å². The van der Waals surface area contributed by atoms with Crippen LogP contribution in [-0.2, 0) is 11.3 Å². The van der Waals surface area contributed by atoms with Crippen molar-refractivity contribution in [2.45, 2.75) is 32.2 Å². The molecule has 1 N–H and O–H groups in total. The van der Waals surface area contributed by atoms with Gasteiger partial charge in [-0.1, -0.05) is 0 Å². The minimum atomic E-state index is 0.267. The van der Waals surface area contributed by atoms with Crippen molar-refractivity contribution in [2.75, 3.05) is 19.6 Å². The molecule has 0 radical (unpaired) electrons. The molecule has 0 atom stereocenters. The van der Waals surface area contributed by atoms with Crippen LogP contribution in [0.25, 0.3) is 0 Å². The Labute approximate surface area is 116 Å². The highest BCUT2D eigenvalue weighted by Crippen LogP contribution is 2.13. The molecule has 1 amide bonds. The highest BCUT2D eigenvalue weighted by molar-refractivity contribution is 9.10. The fourth-order valence-electron chi connectivity index (χ4n) is 2.16. The largest absolute Gasteiger partial charge is 0.453 e. The number of nitrogens with zero attached hydrogens (tertiary/aromatic N) is 1. The second kappa shape index (κ2) is 6.95. The fourth-order valence-corrected chi connectivity index (χ4v) is 2.50. The number of halogens is 1. The zero-order valence-electron chi connectivity index (χ0n) is 10.5. The van der Waals surface area contributed by atoms with Crippen LogP contribution >= 0.6 is 15.9 Å². The van der Waals surface area contributed by atoms with Crippen molar-refractivity contribution < 1.29 is 9.21 Å². The van der Waals surface area contributed by atoms with E-state index in [0.717, 1.165) is 36.4 Å². The van der Waals surface area contributed by atoms with E-state index in [2.05, 4.69) is 21.2 Å². The highest BCUT2D eigenvalue weighted by atomic mass is 79.9. The van der Waals surface area contributed by atoms with Gasteiger partial charge in [0.2, 0.25) is 5.91 Å². The number of carbonyl (C=O) groups excluding carboxylic acids is 1. The molecule has 100 valence electrons. The molecule has 2 heterocycles. The molecule has 4 nitrogen and oxygen atoms in total. The van der Waals surface area contributed by atoms with E-state index < -0.39 is 0 Å². The number of nitrogens with one attached hydrogen (secondary N) is 1. The number of hydrogen-bond acceptors (Lipinski definition) is 3. The summed E-state index contributed by atoms with van der Waals surface area (Å²) in [5.41, 5.74) is 0. The lowest BCUT2D eigenvalue weighted by molar-refractivity contribution is -0.131. The van der Waals surface area contributed by atoms with E-state index in [0.29, 0.717) is 19.5 Å². The summed E-state index contributed by atoms with van der Waals surface area (Å²) < 4.78 is 6.11. The highest BCUT2D eigenvalue weighted by Gasteiger charge is 2.15. The number of hydrogen-bond donors (Lipinski definition) is 1. The normalized spacial score (nSPS) is 15.9. The number of carbonyl (C=O) groups is 1. The van der Waals surface area contributed by atoms with E-state index in [-0.39, 0.29) is 5.91 Å². The van der Waals surface area contributed by atoms with E-state index >= 15 is 0 Å². The lowest BCUT2D eigenvalue weighted by Gasteiger charge is -2.26. The van der Waals surface area contributed by atoms with Crippen molar-refractivity contribution in [3.8, 4) is 0 Å². The maximum absolute atomic E-state index is 11.9. The zero-order valence-corrected chi connectivity index (χ0v) is 12.0. The molecule has 1 aromatic heterocycles. The van der Waals surface area contributed by atoms with Crippen molar-refractivity contribution in [3.05, 3.63) is 22.6 Å². The van der Waals surface area contributed by atoms with Gasteiger partial charge in [0.15, 0.2) is 4.67 Å². The molecular weight excluding hydrogens is 296 g/mol. The van der Waals surface area contributed by atoms with Crippen LogP contribution in [0.2, 0.25) is 0 Å².